The SMILES string of the molecule is CCCCC/C=C\C/C=C\CCCCCCC(Cc1ccccc1)C(=O)O. The van der Waals surface area contributed by atoms with Crippen LogP contribution in [0.1, 0.15) is 83.1 Å². The lowest BCUT2D eigenvalue weighted by Crippen LogP contribution is -2.16. The van der Waals surface area contributed by atoms with Crippen LogP contribution < -0.4 is 0 Å². The molecule has 1 aromatic carbocycles. The maximum absolute atomic E-state index is 11.5. The summed E-state index contributed by atoms with van der Waals surface area (Å²) in [5.74, 6) is -0.916. The Balaban J connectivity index is 2.03. The lowest BCUT2D eigenvalue weighted by molar-refractivity contribution is -0.142. The van der Waals surface area contributed by atoms with E-state index in [1.54, 1.807) is 0 Å². The monoisotopic (exact) mass is 370 g/mol. The van der Waals surface area contributed by atoms with Crippen molar-refractivity contribution in [2.75, 3.05) is 0 Å². The predicted octanol–water partition coefficient (Wildman–Crippen LogP) is 7.35. The van der Waals surface area contributed by atoms with E-state index in [2.05, 4.69) is 31.2 Å². The summed E-state index contributed by atoms with van der Waals surface area (Å²) in [7, 11) is 0. The maximum Gasteiger partial charge on any atom is 0.306 e. The number of hydrogen-bond donors (Lipinski definition) is 1. The molecule has 1 aromatic rings. The van der Waals surface area contributed by atoms with Gasteiger partial charge in [-0.3, -0.25) is 4.79 Å². The van der Waals surface area contributed by atoms with Gasteiger partial charge < -0.3 is 5.11 Å². The molecule has 0 heterocycles. The Hall–Kier alpha value is -1.83. The first-order valence-corrected chi connectivity index (χ1v) is 10.8. The lowest BCUT2D eigenvalue weighted by Gasteiger charge is -2.12. The fourth-order valence-corrected chi connectivity index (χ4v) is 3.24. The number of rotatable bonds is 16. The van der Waals surface area contributed by atoms with Gasteiger partial charge in [0.15, 0.2) is 0 Å². The molecule has 0 saturated carbocycles. The molecule has 150 valence electrons. The number of aliphatic carboxylic acids is 1. The summed E-state index contributed by atoms with van der Waals surface area (Å²) in [6, 6.07) is 9.96. The molecule has 0 radical (unpaired) electrons. The summed E-state index contributed by atoms with van der Waals surface area (Å²) in [6.45, 7) is 2.24. The fraction of sp³-hybridized carbons (Fsp3) is 0.560. The molecule has 1 N–H and O–H groups in total. The molecule has 0 fully saturated rings. The third-order valence-electron chi connectivity index (χ3n) is 4.93. The topological polar surface area (TPSA) is 37.3 Å². The molecule has 0 spiro atoms. The van der Waals surface area contributed by atoms with Crippen LogP contribution in [0.15, 0.2) is 54.6 Å². The van der Waals surface area contributed by atoms with Crippen molar-refractivity contribution >= 4 is 5.97 Å². The van der Waals surface area contributed by atoms with Gasteiger partial charge in [0.1, 0.15) is 0 Å². The highest BCUT2D eigenvalue weighted by atomic mass is 16.4. The van der Waals surface area contributed by atoms with E-state index in [1.807, 2.05) is 30.3 Å². The van der Waals surface area contributed by atoms with Crippen LogP contribution in [0.25, 0.3) is 0 Å². The molecule has 0 aliphatic carbocycles. The summed E-state index contributed by atoms with van der Waals surface area (Å²) < 4.78 is 0. The van der Waals surface area contributed by atoms with Gasteiger partial charge in [0.25, 0.3) is 0 Å². The smallest absolute Gasteiger partial charge is 0.306 e. The first kappa shape index (κ1) is 23.2. The minimum absolute atomic E-state index is 0.253. The van der Waals surface area contributed by atoms with Crippen molar-refractivity contribution in [3.8, 4) is 0 Å². The third kappa shape index (κ3) is 13.1. The van der Waals surface area contributed by atoms with E-state index in [0.717, 1.165) is 37.7 Å². The van der Waals surface area contributed by atoms with E-state index in [0.29, 0.717) is 6.42 Å². The van der Waals surface area contributed by atoms with Crippen molar-refractivity contribution in [2.45, 2.75) is 84.0 Å². The number of carboxylic acids is 1. The molecule has 1 atom stereocenters. The lowest BCUT2D eigenvalue weighted by atomic mass is 9.93. The second-order valence-electron chi connectivity index (χ2n) is 7.39. The van der Waals surface area contributed by atoms with Gasteiger partial charge in [0, 0.05) is 0 Å². The van der Waals surface area contributed by atoms with Crippen LogP contribution in [-0.2, 0) is 11.2 Å². The molecule has 0 aliphatic rings. The largest absolute Gasteiger partial charge is 0.481 e. The molecule has 1 unspecified atom stereocenters. The minimum Gasteiger partial charge on any atom is -0.481 e. The molecule has 0 aliphatic heterocycles. The summed E-state index contributed by atoms with van der Waals surface area (Å²) in [4.78, 5) is 11.5. The van der Waals surface area contributed by atoms with E-state index in [9.17, 15) is 9.90 Å². The predicted molar refractivity (Wildman–Crippen MR) is 116 cm³/mol. The zero-order valence-electron chi connectivity index (χ0n) is 17.1. The van der Waals surface area contributed by atoms with Gasteiger partial charge in [-0.15, -0.1) is 0 Å². The Bertz CT molecular complexity index is 531. The third-order valence-corrected chi connectivity index (χ3v) is 4.93. The van der Waals surface area contributed by atoms with Gasteiger partial charge in [-0.1, -0.05) is 93.7 Å². The second-order valence-corrected chi connectivity index (χ2v) is 7.39. The molecular weight excluding hydrogens is 332 g/mol. The van der Waals surface area contributed by atoms with Crippen LogP contribution >= 0.6 is 0 Å². The van der Waals surface area contributed by atoms with Crippen molar-refractivity contribution in [3.05, 3.63) is 60.2 Å². The van der Waals surface area contributed by atoms with Crippen LogP contribution in [0.5, 0.6) is 0 Å². The quantitative estimate of drug-likeness (QED) is 0.244. The average molecular weight is 371 g/mol. The number of carbonyl (C=O) groups is 1. The Labute approximate surface area is 166 Å². The van der Waals surface area contributed by atoms with E-state index in [4.69, 9.17) is 0 Å². The first-order valence-electron chi connectivity index (χ1n) is 10.8. The van der Waals surface area contributed by atoms with Crippen molar-refractivity contribution in [3.63, 3.8) is 0 Å². The van der Waals surface area contributed by atoms with E-state index >= 15 is 0 Å². The molecule has 1 rings (SSSR count). The van der Waals surface area contributed by atoms with Gasteiger partial charge in [-0.25, -0.2) is 0 Å². The normalized spacial score (nSPS) is 12.8. The maximum atomic E-state index is 11.5. The summed E-state index contributed by atoms with van der Waals surface area (Å²) in [5.41, 5.74) is 1.12. The zero-order valence-corrected chi connectivity index (χ0v) is 17.1. The van der Waals surface area contributed by atoms with Gasteiger partial charge >= 0.3 is 5.97 Å². The highest BCUT2D eigenvalue weighted by molar-refractivity contribution is 5.70. The van der Waals surface area contributed by atoms with Crippen molar-refractivity contribution < 1.29 is 9.90 Å². The standard InChI is InChI=1S/C25H38O2/c1-2-3-4-5-6-7-8-9-10-11-12-13-14-18-21-24(25(26)27)22-23-19-16-15-17-20-23/h6-7,9-10,15-17,19-20,24H,2-5,8,11-14,18,21-22H2,1H3,(H,26,27)/b7-6-,10-9-. The molecular formula is C25H38O2. The Morgan fingerprint density at radius 2 is 1.52 bits per heavy atom. The molecule has 27 heavy (non-hydrogen) atoms. The van der Waals surface area contributed by atoms with Crippen LogP contribution in [0.3, 0.4) is 0 Å². The number of hydrogen-bond acceptors (Lipinski definition) is 1. The van der Waals surface area contributed by atoms with Crippen LogP contribution in [0.4, 0.5) is 0 Å². The number of carboxylic acid groups (broad SMARTS) is 1. The van der Waals surface area contributed by atoms with E-state index < -0.39 is 5.97 Å². The minimum atomic E-state index is -0.662. The molecule has 2 nitrogen and oxygen atoms in total. The van der Waals surface area contributed by atoms with Gasteiger partial charge in [0.05, 0.1) is 5.92 Å². The molecule has 0 aromatic heterocycles. The van der Waals surface area contributed by atoms with Crippen LogP contribution in [0, 0.1) is 5.92 Å². The van der Waals surface area contributed by atoms with E-state index in [1.165, 1.54) is 38.5 Å². The zero-order chi connectivity index (χ0) is 19.6. The van der Waals surface area contributed by atoms with Crippen molar-refractivity contribution in [1.29, 1.82) is 0 Å². The van der Waals surface area contributed by atoms with Crippen molar-refractivity contribution in [1.82, 2.24) is 0 Å². The molecule has 0 amide bonds. The average Bonchev–Trinajstić information content (AvgIpc) is 2.68. The van der Waals surface area contributed by atoms with Crippen LogP contribution in [0.2, 0.25) is 0 Å². The number of allylic oxidation sites excluding steroid dienone is 4. The van der Waals surface area contributed by atoms with Crippen LogP contribution in [-0.4, -0.2) is 11.1 Å². The Kier molecular flexibility index (Phi) is 14.1. The summed E-state index contributed by atoms with van der Waals surface area (Å²) in [5, 5.41) is 9.42. The first-order chi connectivity index (χ1) is 13.2. The molecule has 2 heteroatoms. The number of benzene rings is 1. The fourth-order valence-electron chi connectivity index (χ4n) is 3.24. The Morgan fingerprint density at radius 1 is 0.889 bits per heavy atom. The molecule has 0 bridgehead atoms. The summed E-state index contributed by atoms with van der Waals surface area (Å²) >= 11 is 0. The van der Waals surface area contributed by atoms with Crippen molar-refractivity contribution in [2.24, 2.45) is 5.92 Å². The van der Waals surface area contributed by atoms with Gasteiger partial charge in [0.2, 0.25) is 0 Å². The van der Waals surface area contributed by atoms with E-state index in [-0.39, 0.29) is 5.92 Å². The Morgan fingerprint density at radius 3 is 2.15 bits per heavy atom. The highest BCUT2D eigenvalue weighted by Gasteiger charge is 2.17. The summed E-state index contributed by atoms with van der Waals surface area (Å²) in [6.07, 6.45) is 22.4. The van der Waals surface area contributed by atoms with Gasteiger partial charge in [-0.2, -0.15) is 0 Å². The molecule has 0 saturated heterocycles. The van der Waals surface area contributed by atoms with Gasteiger partial charge in [-0.05, 0) is 50.5 Å². The number of unbranched alkanes of at least 4 members (excludes halogenated alkanes) is 7. The second kappa shape index (κ2) is 16.4. The highest BCUT2D eigenvalue weighted by Crippen LogP contribution is 2.17.